The van der Waals surface area contributed by atoms with E-state index in [0.717, 1.165) is 53.5 Å². The molecule has 0 amide bonds. The standard InChI is InChI=1S/C31H51NO6/c1-21(2)12-9-13-22(3)14-10-15-23(4)16-11-18-31(8)19-17-27-28(20-36-32(34)35)29(37-26(7)33)24(5)25(6)30(27)38-31/h21-23H,9-20H2,1-8H3. The Kier molecular flexibility index (Phi) is 12.4. The molecule has 7 heteroatoms. The molecular formula is C31H51NO6. The van der Waals surface area contributed by atoms with Crippen LogP contribution in [0, 0.1) is 41.7 Å². The Morgan fingerprint density at radius 3 is 2.13 bits per heavy atom. The molecule has 0 bridgehead atoms. The highest BCUT2D eigenvalue weighted by Crippen LogP contribution is 2.45. The number of ether oxygens (including phenoxy) is 2. The van der Waals surface area contributed by atoms with Gasteiger partial charge < -0.3 is 14.3 Å². The molecule has 1 heterocycles. The Bertz CT molecular complexity index is 943. The molecule has 1 aromatic rings. The summed E-state index contributed by atoms with van der Waals surface area (Å²) in [6, 6.07) is 0. The molecular weight excluding hydrogens is 482 g/mol. The summed E-state index contributed by atoms with van der Waals surface area (Å²) < 4.78 is 12.1. The molecule has 0 fully saturated rings. The molecule has 0 spiro atoms. The first-order valence-electron chi connectivity index (χ1n) is 14.6. The van der Waals surface area contributed by atoms with Gasteiger partial charge in [-0.15, -0.1) is 10.1 Å². The van der Waals surface area contributed by atoms with E-state index in [1.807, 2.05) is 13.8 Å². The lowest BCUT2D eigenvalue weighted by Gasteiger charge is -2.38. The van der Waals surface area contributed by atoms with E-state index in [2.05, 4.69) is 34.6 Å². The fraction of sp³-hybridized carbons (Fsp3) is 0.774. The Hall–Kier alpha value is -2.31. The van der Waals surface area contributed by atoms with E-state index in [9.17, 15) is 14.9 Å². The minimum Gasteiger partial charge on any atom is -0.487 e. The van der Waals surface area contributed by atoms with Crippen LogP contribution in [0.25, 0.3) is 0 Å². The summed E-state index contributed by atoms with van der Waals surface area (Å²) >= 11 is 0. The molecule has 1 aliphatic heterocycles. The van der Waals surface area contributed by atoms with Crippen molar-refractivity contribution in [3.8, 4) is 11.5 Å². The summed E-state index contributed by atoms with van der Waals surface area (Å²) in [5, 5.41) is 10.1. The highest BCUT2D eigenvalue weighted by molar-refractivity contribution is 5.72. The quantitative estimate of drug-likeness (QED) is 0.0916. The van der Waals surface area contributed by atoms with E-state index >= 15 is 0 Å². The molecule has 0 aromatic heterocycles. The molecule has 38 heavy (non-hydrogen) atoms. The van der Waals surface area contributed by atoms with Crippen LogP contribution in [0.5, 0.6) is 11.5 Å². The SMILES string of the molecule is CC(=O)Oc1c(C)c(C)c2c(c1CO[N+](=O)[O-])CCC(C)(CCCC(C)CCCC(C)CCCC(C)C)O2. The van der Waals surface area contributed by atoms with Crippen molar-refractivity contribution in [1.29, 1.82) is 0 Å². The van der Waals surface area contributed by atoms with E-state index < -0.39 is 11.1 Å². The van der Waals surface area contributed by atoms with Gasteiger partial charge in [-0.2, -0.15) is 0 Å². The number of nitrogens with zero attached hydrogens (tertiary/aromatic N) is 1. The molecule has 1 aliphatic rings. The van der Waals surface area contributed by atoms with Gasteiger partial charge in [0.2, 0.25) is 0 Å². The third kappa shape index (κ3) is 9.77. The second kappa shape index (κ2) is 14.7. The van der Waals surface area contributed by atoms with Crippen LogP contribution in [0.4, 0.5) is 0 Å². The molecule has 0 aliphatic carbocycles. The van der Waals surface area contributed by atoms with Crippen molar-refractivity contribution in [2.45, 2.75) is 138 Å². The highest BCUT2D eigenvalue weighted by atomic mass is 16.9. The fourth-order valence-electron chi connectivity index (χ4n) is 5.69. The van der Waals surface area contributed by atoms with E-state index in [0.29, 0.717) is 23.7 Å². The smallest absolute Gasteiger partial charge is 0.308 e. The van der Waals surface area contributed by atoms with E-state index in [-0.39, 0.29) is 12.2 Å². The molecule has 3 unspecified atom stereocenters. The number of benzene rings is 1. The third-order valence-corrected chi connectivity index (χ3v) is 8.24. The van der Waals surface area contributed by atoms with Crippen molar-refractivity contribution >= 4 is 5.97 Å². The van der Waals surface area contributed by atoms with E-state index in [4.69, 9.17) is 14.3 Å². The van der Waals surface area contributed by atoms with Crippen LogP contribution >= 0.6 is 0 Å². The third-order valence-electron chi connectivity index (χ3n) is 8.24. The highest BCUT2D eigenvalue weighted by Gasteiger charge is 2.35. The van der Waals surface area contributed by atoms with Gasteiger partial charge in [-0.3, -0.25) is 4.79 Å². The summed E-state index contributed by atoms with van der Waals surface area (Å²) in [7, 11) is 0. The summed E-state index contributed by atoms with van der Waals surface area (Å²) in [6.07, 6.45) is 12.7. The van der Waals surface area contributed by atoms with Crippen LogP contribution in [0.3, 0.4) is 0 Å². The lowest BCUT2D eigenvalue weighted by Crippen LogP contribution is -2.37. The predicted molar refractivity (Wildman–Crippen MR) is 151 cm³/mol. The average Bonchev–Trinajstić information content (AvgIpc) is 2.81. The normalized spacial score (nSPS) is 18.4. The number of fused-ring (bicyclic) bond motifs is 1. The van der Waals surface area contributed by atoms with Crippen LogP contribution < -0.4 is 9.47 Å². The maximum Gasteiger partial charge on any atom is 0.308 e. The lowest BCUT2D eigenvalue weighted by molar-refractivity contribution is -0.763. The van der Waals surface area contributed by atoms with Gasteiger partial charge in [0.25, 0.3) is 5.09 Å². The molecule has 0 radical (unpaired) electrons. The Balaban J connectivity index is 1.96. The van der Waals surface area contributed by atoms with Crippen LogP contribution in [0.2, 0.25) is 0 Å². The lowest BCUT2D eigenvalue weighted by atomic mass is 9.83. The second-order valence-corrected chi connectivity index (χ2v) is 12.4. The van der Waals surface area contributed by atoms with Gasteiger partial charge >= 0.3 is 5.97 Å². The Morgan fingerprint density at radius 1 is 1.00 bits per heavy atom. The van der Waals surface area contributed by atoms with Crippen molar-refractivity contribution < 1.29 is 24.2 Å². The maximum atomic E-state index is 11.7. The average molecular weight is 534 g/mol. The monoisotopic (exact) mass is 533 g/mol. The van der Waals surface area contributed by atoms with Crippen molar-refractivity contribution in [3.63, 3.8) is 0 Å². The van der Waals surface area contributed by atoms with Gasteiger partial charge in [-0.05, 0) is 75.3 Å². The topological polar surface area (TPSA) is 87.9 Å². The first kappa shape index (κ1) is 31.9. The minimum absolute atomic E-state index is 0.271. The Morgan fingerprint density at radius 2 is 1.58 bits per heavy atom. The minimum atomic E-state index is -0.818. The van der Waals surface area contributed by atoms with Crippen molar-refractivity contribution in [2.75, 3.05) is 0 Å². The molecule has 2 rings (SSSR count). The number of hydrogen-bond acceptors (Lipinski definition) is 6. The van der Waals surface area contributed by atoms with Crippen molar-refractivity contribution in [2.24, 2.45) is 17.8 Å². The molecule has 216 valence electrons. The second-order valence-electron chi connectivity index (χ2n) is 12.4. The summed E-state index contributed by atoms with van der Waals surface area (Å²) in [5.74, 6) is 2.98. The first-order chi connectivity index (χ1) is 17.8. The maximum absolute atomic E-state index is 11.7. The molecule has 7 nitrogen and oxygen atoms in total. The predicted octanol–water partition coefficient (Wildman–Crippen LogP) is 8.46. The van der Waals surface area contributed by atoms with Crippen LogP contribution in [-0.2, 0) is 22.7 Å². The number of rotatable bonds is 16. The summed E-state index contributed by atoms with van der Waals surface area (Å²) in [4.78, 5) is 27.4. The molecule has 0 N–H and O–H groups in total. The number of hydrogen-bond donors (Lipinski definition) is 0. The zero-order chi connectivity index (χ0) is 28.5. The van der Waals surface area contributed by atoms with Gasteiger partial charge in [-0.1, -0.05) is 72.6 Å². The largest absolute Gasteiger partial charge is 0.487 e. The van der Waals surface area contributed by atoms with Gasteiger partial charge in [0, 0.05) is 18.1 Å². The number of carbonyl (C=O) groups is 1. The van der Waals surface area contributed by atoms with E-state index in [1.165, 1.54) is 51.9 Å². The molecule has 1 aromatic carbocycles. The molecule has 0 saturated heterocycles. The number of carbonyl (C=O) groups excluding carboxylic acids is 1. The zero-order valence-electron chi connectivity index (χ0n) is 25.1. The van der Waals surface area contributed by atoms with Crippen LogP contribution in [-0.4, -0.2) is 16.7 Å². The van der Waals surface area contributed by atoms with Gasteiger partial charge in [-0.25, -0.2) is 0 Å². The molecule has 0 saturated carbocycles. The van der Waals surface area contributed by atoms with Gasteiger partial charge in [0.05, 0.1) is 0 Å². The molecule has 3 atom stereocenters. The number of esters is 1. The fourth-order valence-corrected chi connectivity index (χ4v) is 5.69. The first-order valence-corrected chi connectivity index (χ1v) is 14.6. The Labute approximate surface area is 230 Å². The van der Waals surface area contributed by atoms with Crippen molar-refractivity contribution in [1.82, 2.24) is 0 Å². The van der Waals surface area contributed by atoms with Gasteiger partial charge in [0.15, 0.2) is 0 Å². The van der Waals surface area contributed by atoms with Crippen LogP contribution in [0.1, 0.15) is 128 Å². The van der Waals surface area contributed by atoms with Crippen molar-refractivity contribution in [3.05, 3.63) is 32.4 Å². The van der Waals surface area contributed by atoms with Gasteiger partial charge in [0.1, 0.15) is 23.7 Å². The summed E-state index contributed by atoms with van der Waals surface area (Å²) in [6.45, 7) is 16.4. The van der Waals surface area contributed by atoms with Crippen LogP contribution in [0.15, 0.2) is 0 Å². The summed E-state index contributed by atoms with van der Waals surface area (Å²) in [5.41, 5.74) is 2.74. The van der Waals surface area contributed by atoms with E-state index in [1.54, 1.807) is 0 Å². The zero-order valence-corrected chi connectivity index (χ0v) is 25.1.